The second-order valence-electron chi connectivity index (χ2n) is 6.64. The highest BCUT2D eigenvalue weighted by Crippen LogP contribution is 2.41. The van der Waals surface area contributed by atoms with Crippen LogP contribution in [0.3, 0.4) is 0 Å². The Hall–Kier alpha value is -1.84. The average molecular weight is 358 g/mol. The van der Waals surface area contributed by atoms with Crippen LogP contribution in [0.1, 0.15) is 46.8 Å². The zero-order chi connectivity index (χ0) is 18.0. The van der Waals surface area contributed by atoms with Gasteiger partial charge in [-0.15, -0.1) is 0 Å². The Kier molecular flexibility index (Phi) is 5.45. The molecule has 2 aromatic rings. The number of Topliss-reactive ketones (excluding diaryl/α,β-unsaturated/α-hetero) is 1. The van der Waals surface area contributed by atoms with Gasteiger partial charge in [0.25, 0.3) is 0 Å². The fraction of sp³-hybridized carbons (Fsp3) is 0.381. The second kappa shape index (κ2) is 7.59. The lowest BCUT2D eigenvalue weighted by atomic mass is 9.85. The van der Waals surface area contributed by atoms with Crippen LogP contribution >= 0.6 is 11.6 Å². The molecule has 3 rings (SSSR count). The highest BCUT2D eigenvalue weighted by molar-refractivity contribution is 6.32. The van der Waals surface area contributed by atoms with Crippen LogP contribution in [0, 0.1) is 6.92 Å². The lowest BCUT2D eigenvalue weighted by Crippen LogP contribution is -2.44. The van der Waals surface area contributed by atoms with E-state index in [9.17, 15) is 4.79 Å². The van der Waals surface area contributed by atoms with Crippen LogP contribution in [0.25, 0.3) is 0 Å². The van der Waals surface area contributed by atoms with Crippen molar-refractivity contribution in [2.75, 3.05) is 19.7 Å². The maximum Gasteiger partial charge on any atom is 0.163 e. The molecule has 0 saturated carbocycles. The minimum atomic E-state index is -0.00735. The molecule has 4 heteroatoms. The van der Waals surface area contributed by atoms with Crippen LogP contribution in [0.15, 0.2) is 36.4 Å². The van der Waals surface area contributed by atoms with Gasteiger partial charge in [-0.1, -0.05) is 41.9 Å². The van der Waals surface area contributed by atoms with Crippen LogP contribution in [0.4, 0.5) is 0 Å². The molecule has 2 aromatic carbocycles. The fourth-order valence-electron chi connectivity index (χ4n) is 3.52. The van der Waals surface area contributed by atoms with Crippen LogP contribution in [-0.2, 0) is 6.54 Å². The highest BCUT2D eigenvalue weighted by Gasteiger charge is 2.33. The quantitative estimate of drug-likeness (QED) is 0.692. The van der Waals surface area contributed by atoms with Crippen molar-refractivity contribution < 1.29 is 9.53 Å². The lowest BCUT2D eigenvalue weighted by Gasteiger charge is -2.41. The molecule has 0 bridgehead atoms. The van der Waals surface area contributed by atoms with E-state index < -0.39 is 0 Å². The van der Waals surface area contributed by atoms with E-state index in [1.54, 1.807) is 13.0 Å². The summed E-state index contributed by atoms with van der Waals surface area (Å²) >= 11 is 6.41. The predicted molar refractivity (Wildman–Crippen MR) is 102 cm³/mol. The van der Waals surface area contributed by atoms with Crippen LogP contribution in [-0.4, -0.2) is 30.4 Å². The predicted octanol–water partition coefficient (Wildman–Crippen LogP) is 4.85. The van der Waals surface area contributed by atoms with E-state index in [0.717, 1.165) is 36.5 Å². The van der Waals surface area contributed by atoms with Crippen molar-refractivity contribution in [3.63, 3.8) is 0 Å². The summed E-state index contributed by atoms with van der Waals surface area (Å²) in [7, 11) is 0. The summed E-state index contributed by atoms with van der Waals surface area (Å²) in [6, 6.07) is 12.2. The summed E-state index contributed by atoms with van der Waals surface area (Å²) in [5.74, 6) is 1.07. The van der Waals surface area contributed by atoms with E-state index in [1.165, 1.54) is 5.56 Å². The molecule has 0 N–H and O–H groups in total. The Bertz CT molecular complexity index is 767. The summed E-state index contributed by atoms with van der Waals surface area (Å²) < 4.78 is 5.88. The molecule has 1 heterocycles. The number of nitrogens with zero attached hydrogens (tertiary/aromatic N) is 1. The second-order valence-corrected chi connectivity index (χ2v) is 7.05. The van der Waals surface area contributed by atoms with Crippen LogP contribution < -0.4 is 4.74 Å². The minimum Gasteiger partial charge on any atom is -0.493 e. The van der Waals surface area contributed by atoms with E-state index >= 15 is 0 Å². The third-order valence-electron chi connectivity index (χ3n) is 4.80. The molecular formula is C21H24ClNO2. The number of halogens is 1. The van der Waals surface area contributed by atoms with Gasteiger partial charge in [0.05, 0.1) is 12.2 Å². The monoisotopic (exact) mass is 357 g/mol. The molecule has 0 aliphatic carbocycles. The molecule has 0 unspecified atom stereocenters. The standard InChI is InChI=1S/C21H24ClNO2/c1-4-25-21-18(15(3)24)10-19(22)14(2)20(21)17-12-23(13-17)11-16-8-6-5-7-9-16/h5-10,17H,4,11-13H2,1-3H3. The van der Waals surface area contributed by atoms with Gasteiger partial charge in [-0.25, -0.2) is 0 Å². The van der Waals surface area contributed by atoms with Gasteiger partial charge in [0.2, 0.25) is 0 Å². The first-order valence-electron chi connectivity index (χ1n) is 8.74. The number of hydrogen-bond acceptors (Lipinski definition) is 3. The van der Waals surface area contributed by atoms with Gasteiger partial charge in [0, 0.05) is 36.1 Å². The molecule has 1 fully saturated rings. The number of rotatable bonds is 6. The summed E-state index contributed by atoms with van der Waals surface area (Å²) in [5.41, 5.74) is 4.04. The molecule has 0 aromatic heterocycles. The van der Waals surface area contributed by atoms with Crippen molar-refractivity contribution in [3.8, 4) is 5.75 Å². The first-order chi connectivity index (χ1) is 12.0. The van der Waals surface area contributed by atoms with Gasteiger partial charge in [0.15, 0.2) is 5.78 Å². The zero-order valence-corrected chi connectivity index (χ0v) is 15.8. The van der Waals surface area contributed by atoms with Crippen molar-refractivity contribution in [1.82, 2.24) is 4.90 Å². The molecule has 0 atom stereocenters. The van der Waals surface area contributed by atoms with Gasteiger partial charge in [-0.2, -0.15) is 0 Å². The van der Waals surface area contributed by atoms with Crippen molar-refractivity contribution in [3.05, 3.63) is 63.7 Å². The largest absolute Gasteiger partial charge is 0.493 e. The zero-order valence-electron chi connectivity index (χ0n) is 15.0. The topological polar surface area (TPSA) is 29.5 Å². The number of likely N-dealkylation sites (tertiary alicyclic amines) is 1. The maximum atomic E-state index is 12.0. The van der Waals surface area contributed by atoms with Crippen molar-refractivity contribution in [1.29, 1.82) is 0 Å². The van der Waals surface area contributed by atoms with E-state index in [-0.39, 0.29) is 5.78 Å². The molecule has 0 radical (unpaired) electrons. The van der Waals surface area contributed by atoms with Gasteiger partial charge >= 0.3 is 0 Å². The molecule has 1 aliphatic rings. The first kappa shape index (κ1) is 18.0. The van der Waals surface area contributed by atoms with Gasteiger partial charge < -0.3 is 4.74 Å². The minimum absolute atomic E-state index is 0.00735. The normalized spacial score (nSPS) is 15.0. The van der Waals surface area contributed by atoms with Crippen molar-refractivity contribution in [2.45, 2.75) is 33.2 Å². The number of carbonyl (C=O) groups excluding carboxylic acids is 1. The summed E-state index contributed by atoms with van der Waals surface area (Å²) in [6.45, 7) is 8.91. The van der Waals surface area contributed by atoms with E-state index in [2.05, 4.69) is 29.2 Å². The highest BCUT2D eigenvalue weighted by atomic mass is 35.5. The molecule has 25 heavy (non-hydrogen) atoms. The van der Waals surface area contributed by atoms with Gasteiger partial charge in [0.1, 0.15) is 5.75 Å². The lowest BCUT2D eigenvalue weighted by molar-refractivity contribution is 0.101. The molecule has 132 valence electrons. The number of benzene rings is 2. The van der Waals surface area contributed by atoms with Crippen molar-refractivity contribution in [2.24, 2.45) is 0 Å². The Morgan fingerprint density at radius 1 is 1.28 bits per heavy atom. The molecule has 3 nitrogen and oxygen atoms in total. The number of ketones is 1. The average Bonchev–Trinajstić information content (AvgIpc) is 2.56. The molecule has 1 saturated heterocycles. The Labute approximate surface area is 154 Å². The molecule has 1 aliphatic heterocycles. The molecular weight excluding hydrogens is 334 g/mol. The Balaban J connectivity index is 1.84. The third kappa shape index (κ3) is 3.73. The summed E-state index contributed by atoms with van der Waals surface area (Å²) in [6.07, 6.45) is 0. The fourth-order valence-corrected chi connectivity index (χ4v) is 3.73. The summed E-state index contributed by atoms with van der Waals surface area (Å²) in [5, 5.41) is 0.644. The number of hydrogen-bond donors (Lipinski definition) is 0. The Morgan fingerprint density at radius 2 is 1.96 bits per heavy atom. The van der Waals surface area contributed by atoms with Gasteiger partial charge in [-0.3, -0.25) is 9.69 Å². The van der Waals surface area contributed by atoms with Crippen LogP contribution in [0.5, 0.6) is 5.75 Å². The number of carbonyl (C=O) groups is 1. The maximum absolute atomic E-state index is 12.0. The smallest absolute Gasteiger partial charge is 0.163 e. The van der Waals surface area contributed by atoms with Crippen molar-refractivity contribution >= 4 is 17.4 Å². The first-order valence-corrected chi connectivity index (χ1v) is 9.12. The molecule has 0 amide bonds. The van der Waals surface area contributed by atoms with Gasteiger partial charge in [-0.05, 0) is 38.0 Å². The van der Waals surface area contributed by atoms with E-state index in [1.807, 2.05) is 19.9 Å². The Morgan fingerprint density at radius 3 is 2.56 bits per heavy atom. The van der Waals surface area contributed by atoms with E-state index in [0.29, 0.717) is 23.1 Å². The number of ether oxygens (including phenoxy) is 1. The molecule has 0 spiro atoms. The SMILES string of the molecule is CCOc1c(C(C)=O)cc(Cl)c(C)c1C1CN(Cc2ccccc2)C1. The summed E-state index contributed by atoms with van der Waals surface area (Å²) in [4.78, 5) is 14.4. The van der Waals surface area contributed by atoms with Crippen LogP contribution in [0.2, 0.25) is 5.02 Å². The third-order valence-corrected chi connectivity index (χ3v) is 5.20. The van der Waals surface area contributed by atoms with E-state index in [4.69, 9.17) is 16.3 Å².